The molecule has 0 unspecified atom stereocenters. The lowest BCUT2D eigenvalue weighted by Crippen LogP contribution is -2.24. The van der Waals surface area contributed by atoms with Crippen molar-refractivity contribution < 1.29 is 19.5 Å². The molecule has 1 aromatic heterocycles. The first kappa shape index (κ1) is 16.2. The van der Waals surface area contributed by atoms with Crippen LogP contribution < -0.4 is 21.5 Å². The van der Waals surface area contributed by atoms with Crippen molar-refractivity contribution in [2.24, 2.45) is 0 Å². The zero-order valence-electron chi connectivity index (χ0n) is 13.4. The Morgan fingerprint density at radius 2 is 1.84 bits per heavy atom. The summed E-state index contributed by atoms with van der Waals surface area (Å²) in [5, 5.41) is 11.5. The molecule has 0 atom stereocenters. The van der Waals surface area contributed by atoms with Gasteiger partial charge in [-0.15, -0.1) is 0 Å². The number of carbonyl (C=O) groups excluding carboxylic acids is 2. The molecule has 128 valence electrons. The molecule has 9 nitrogen and oxygen atoms in total. The van der Waals surface area contributed by atoms with E-state index >= 15 is 0 Å². The summed E-state index contributed by atoms with van der Waals surface area (Å²) < 4.78 is 1.00. The average Bonchev–Trinajstić information content (AvgIpc) is 2.81. The molecule has 1 aliphatic heterocycles. The zero-order valence-corrected chi connectivity index (χ0v) is 13.4. The van der Waals surface area contributed by atoms with Gasteiger partial charge in [-0.05, 0) is 18.2 Å². The summed E-state index contributed by atoms with van der Waals surface area (Å²) in [4.78, 5) is 49.1. The minimum Gasteiger partial charge on any atom is -0.478 e. The molecule has 2 aromatic rings. The van der Waals surface area contributed by atoms with Gasteiger partial charge >= 0.3 is 5.97 Å². The van der Waals surface area contributed by atoms with Gasteiger partial charge in [0.15, 0.2) is 0 Å². The number of pyridine rings is 1. The van der Waals surface area contributed by atoms with Crippen molar-refractivity contribution in [2.75, 3.05) is 24.7 Å². The monoisotopic (exact) mass is 342 g/mol. The number of nitrogens with two attached hydrogens (primary N) is 1. The minimum absolute atomic E-state index is 0.0326. The van der Waals surface area contributed by atoms with Crippen LogP contribution in [0.1, 0.15) is 31.1 Å². The molecule has 0 radical (unpaired) electrons. The van der Waals surface area contributed by atoms with Crippen LogP contribution >= 0.6 is 0 Å². The highest BCUT2D eigenvalue weighted by molar-refractivity contribution is 6.23. The molecule has 3 rings (SSSR count). The fraction of sp³-hybridized carbons (Fsp3) is 0.125. The van der Waals surface area contributed by atoms with Gasteiger partial charge in [-0.2, -0.15) is 0 Å². The summed E-state index contributed by atoms with van der Waals surface area (Å²) >= 11 is 0. The molecule has 0 spiro atoms. The van der Waals surface area contributed by atoms with Crippen molar-refractivity contribution in [2.45, 2.75) is 0 Å². The molecular weight excluding hydrogens is 328 g/mol. The largest absolute Gasteiger partial charge is 0.478 e. The first-order valence-electron chi connectivity index (χ1n) is 7.18. The van der Waals surface area contributed by atoms with Crippen molar-refractivity contribution in [3.8, 4) is 5.69 Å². The van der Waals surface area contributed by atoms with Crippen LogP contribution in [0.2, 0.25) is 0 Å². The second-order valence-corrected chi connectivity index (χ2v) is 5.68. The van der Waals surface area contributed by atoms with E-state index in [0.717, 1.165) is 10.6 Å². The average molecular weight is 342 g/mol. The Labute approximate surface area is 141 Å². The minimum atomic E-state index is -1.17. The lowest BCUT2D eigenvalue weighted by Gasteiger charge is -2.18. The van der Waals surface area contributed by atoms with E-state index in [-0.39, 0.29) is 28.2 Å². The van der Waals surface area contributed by atoms with E-state index in [1.54, 1.807) is 19.0 Å². The van der Waals surface area contributed by atoms with E-state index < -0.39 is 23.3 Å². The van der Waals surface area contributed by atoms with Gasteiger partial charge < -0.3 is 15.7 Å². The fourth-order valence-corrected chi connectivity index (χ4v) is 2.77. The number of amides is 2. The SMILES string of the molecule is CN(C)c1ccc(-n2c(N)c3c(cc2=O)C(=O)NC3=O)cc1C(=O)O. The highest BCUT2D eigenvalue weighted by Crippen LogP contribution is 2.26. The number of aromatic nitrogens is 1. The second-order valence-electron chi connectivity index (χ2n) is 5.68. The van der Waals surface area contributed by atoms with Crippen LogP contribution in [0.3, 0.4) is 0 Å². The van der Waals surface area contributed by atoms with Crippen molar-refractivity contribution >= 4 is 29.3 Å². The number of nitrogen functional groups attached to an aromatic ring is 1. The summed E-state index contributed by atoms with van der Waals surface area (Å²) in [6.45, 7) is 0. The smallest absolute Gasteiger partial charge is 0.337 e. The molecule has 1 aromatic carbocycles. The topological polar surface area (TPSA) is 135 Å². The van der Waals surface area contributed by atoms with E-state index in [1.165, 1.54) is 18.2 Å². The number of fused-ring (bicyclic) bond motifs is 1. The van der Waals surface area contributed by atoms with Gasteiger partial charge in [0, 0.05) is 20.2 Å². The van der Waals surface area contributed by atoms with Crippen LogP contribution in [0.15, 0.2) is 29.1 Å². The number of carbonyl (C=O) groups is 3. The van der Waals surface area contributed by atoms with Gasteiger partial charge in [0.1, 0.15) is 5.82 Å². The third-order valence-corrected chi connectivity index (χ3v) is 3.90. The Bertz CT molecular complexity index is 1010. The molecule has 25 heavy (non-hydrogen) atoms. The van der Waals surface area contributed by atoms with Gasteiger partial charge in [0.25, 0.3) is 17.4 Å². The Hall–Kier alpha value is -3.62. The van der Waals surface area contributed by atoms with E-state index in [2.05, 4.69) is 5.32 Å². The van der Waals surface area contributed by atoms with Crippen LogP contribution in [0.5, 0.6) is 0 Å². The van der Waals surface area contributed by atoms with Crippen LogP contribution in [-0.4, -0.2) is 41.6 Å². The van der Waals surface area contributed by atoms with Gasteiger partial charge in [-0.1, -0.05) is 0 Å². The molecule has 2 amide bonds. The Balaban J connectivity index is 2.29. The highest BCUT2D eigenvalue weighted by atomic mass is 16.4. The van der Waals surface area contributed by atoms with Crippen LogP contribution in [0.25, 0.3) is 5.69 Å². The maximum absolute atomic E-state index is 12.4. The molecule has 2 heterocycles. The Morgan fingerprint density at radius 1 is 1.16 bits per heavy atom. The molecule has 0 fully saturated rings. The highest BCUT2D eigenvalue weighted by Gasteiger charge is 2.32. The standard InChI is InChI=1S/C16H14N4O5/c1-19(2)10-4-3-7(5-8(10)16(24)25)20-11(21)6-9-12(13(20)17)15(23)18-14(9)22/h3-6H,17H2,1-2H3,(H,24,25)(H,18,22,23). The van der Waals surface area contributed by atoms with Crippen molar-refractivity contribution in [3.63, 3.8) is 0 Å². The maximum Gasteiger partial charge on any atom is 0.337 e. The Kier molecular flexibility index (Phi) is 3.56. The van der Waals surface area contributed by atoms with Crippen LogP contribution in [0.4, 0.5) is 11.5 Å². The quantitative estimate of drug-likeness (QED) is 0.672. The van der Waals surface area contributed by atoms with Gasteiger partial charge in [-0.25, -0.2) is 4.79 Å². The lowest BCUT2D eigenvalue weighted by molar-refractivity contribution is 0.0696. The molecule has 9 heteroatoms. The first-order valence-corrected chi connectivity index (χ1v) is 7.18. The van der Waals surface area contributed by atoms with Gasteiger partial charge in [0.2, 0.25) is 0 Å². The molecule has 0 bridgehead atoms. The first-order chi connectivity index (χ1) is 11.7. The summed E-state index contributed by atoms with van der Waals surface area (Å²) in [6.07, 6.45) is 0. The maximum atomic E-state index is 12.4. The number of hydrogen-bond acceptors (Lipinski definition) is 6. The number of benzene rings is 1. The number of carboxylic acid groups (broad SMARTS) is 1. The third-order valence-electron chi connectivity index (χ3n) is 3.90. The predicted octanol–water partition coefficient (Wildman–Crippen LogP) is 0.0675. The van der Waals surface area contributed by atoms with E-state index in [4.69, 9.17) is 5.73 Å². The molecule has 0 saturated carbocycles. The molecule has 4 N–H and O–H groups in total. The number of imide groups is 1. The van der Waals surface area contributed by atoms with Crippen molar-refractivity contribution in [1.29, 1.82) is 0 Å². The summed E-state index contributed by atoms with van der Waals surface area (Å²) in [6, 6.07) is 5.34. The van der Waals surface area contributed by atoms with E-state index in [9.17, 15) is 24.3 Å². The van der Waals surface area contributed by atoms with Crippen LogP contribution in [0, 0.1) is 0 Å². The number of nitrogens with one attached hydrogen (secondary N) is 1. The Morgan fingerprint density at radius 3 is 2.44 bits per heavy atom. The number of hydrogen-bond donors (Lipinski definition) is 3. The normalized spacial score (nSPS) is 12.7. The van der Waals surface area contributed by atoms with Gasteiger partial charge in [-0.3, -0.25) is 24.3 Å². The number of carboxylic acids is 1. The lowest BCUT2D eigenvalue weighted by atomic mass is 10.1. The summed E-state index contributed by atoms with van der Waals surface area (Å²) in [7, 11) is 3.38. The van der Waals surface area contributed by atoms with E-state index in [1.807, 2.05) is 0 Å². The zero-order chi connectivity index (χ0) is 18.5. The summed E-state index contributed by atoms with van der Waals surface area (Å²) in [5.74, 6) is -2.79. The molecule has 0 aliphatic carbocycles. The van der Waals surface area contributed by atoms with Crippen LogP contribution in [-0.2, 0) is 0 Å². The number of rotatable bonds is 3. The fourth-order valence-electron chi connectivity index (χ4n) is 2.77. The van der Waals surface area contributed by atoms with Crippen molar-refractivity contribution in [3.05, 3.63) is 51.3 Å². The third kappa shape index (κ3) is 2.42. The molecular formula is C16H14N4O5. The number of nitrogens with zero attached hydrogens (tertiary/aromatic N) is 2. The molecule has 1 aliphatic rings. The number of anilines is 2. The van der Waals surface area contributed by atoms with Crippen molar-refractivity contribution in [1.82, 2.24) is 9.88 Å². The summed E-state index contributed by atoms with van der Waals surface area (Å²) in [5.41, 5.74) is 5.69. The number of aromatic carboxylic acids is 1. The second kappa shape index (κ2) is 5.48. The van der Waals surface area contributed by atoms with E-state index in [0.29, 0.717) is 5.69 Å². The molecule has 0 saturated heterocycles. The predicted molar refractivity (Wildman–Crippen MR) is 89.5 cm³/mol. The van der Waals surface area contributed by atoms with Gasteiger partial charge in [0.05, 0.1) is 28.1 Å².